The third-order valence-corrected chi connectivity index (χ3v) is 29.4. The standard InChI is InChI=1S/2C13H15.C12H10Si.2ClH.Zr/c2*1-2-3-6-11-9-12-7-4-5-8-13(12)10-11;1-3-7-11(8-4-1)13-12-9-5-2-6-10-12;;;/h2*4-5,7-10H,2-3,6H2,1H3;1-10H;2*1H;/q;;;;;+2/p-2. The molecule has 0 aromatic heterocycles. The van der Waals surface area contributed by atoms with Gasteiger partial charge in [0.2, 0.25) is 0 Å². The molecule has 0 heterocycles. The van der Waals surface area contributed by atoms with Crippen molar-refractivity contribution in [1.29, 1.82) is 0 Å². The first-order valence-corrected chi connectivity index (χ1v) is 23.3. The molecule has 0 N–H and O–H groups in total. The third kappa shape index (κ3) is 6.73. The van der Waals surface area contributed by atoms with E-state index >= 15 is 0 Å². The molecule has 0 saturated heterocycles. The van der Waals surface area contributed by atoms with Gasteiger partial charge in [-0.15, -0.1) is 0 Å². The summed E-state index contributed by atoms with van der Waals surface area (Å²) in [5.74, 6) is 0. The summed E-state index contributed by atoms with van der Waals surface area (Å²) in [5, 5.41) is 3.23. The molecule has 0 bridgehead atoms. The van der Waals surface area contributed by atoms with Gasteiger partial charge in [0.1, 0.15) is 0 Å². The fraction of sp³-hybridized carbons (Fsp3) is 0.263. The second-order valence-corrected chi connectivity index (χ2v) is 25.4. The van der Waals surface area contributed by atoms with Crippen LogP contribution in [0.1, 0.15) is 81.9 Å². The van der Waals surface area contributed by atoms with Crippen molar-refractivity contribution in [2.24, 2.45) is 0 Å². The van der Waals surface area contributed by atoms with Gasteiger partial charge in [-0.3, -0.25) is 0 Å². The minimum Gasteiger partial charge on any atom is -1.00 e. The molecule has 0 spiro atoms. The van der Waals surface area contributed by atoms with Gasteiger partial charge < -0.3 is 24.8 Å². The molecule has 0 amide bonds. The van der Waals surface area contributed by atoms with Crippen LogP contribution in [0.4, 0.5) is 0 Å². The first kappa shape index (κ1) is 32.9. The minimum atomic E-state index is -2.49. The fourth-order valence-electron chi connectivity index (χ4n) is 6.87. The van der Waals surface area contributed by atoms with Gasteiger partial charge in [-0.2, -0.15) is 0 Å². The van der Waals surface area contributed by atoms with Crippen molar-refractivity contribution in [1.82, 2.24) is 0 Å². The molecule has 0 nitrogen and oxygen atoms in total. The molecular weight excluding hydrogens is 647 g/mol. The third-order valence-electron chi connectivity index (χ3n) is 8.71. The Bertz CT molecular complexity index is 1460. The van der Waals surface area contributed by atoms with Gasteiger partial charge in [0, 0.05) is 0 Å². The summed E-state index contributed by atoms with van der Waals surface area (Å²) in [4.78, 5) is 0. The maximum atomic E-state index is 2.61. The Kier molecular flexibility index (Phi) is 12.3. The summed E-state index contributed by atoms with van der Waals surface area (Å²) in [6, 6.07) is 42.3. The largest absolute Gasteiger partial charge is 1.00 e. The zero-order chi connectivity index (χ0) is 27.3. The predicted molar refractivity (Wildman–Crippen MR) is 171 cm³/mol. The molecular formula is C38H40Cl2SiZr. The van der Waals surface area contributed by atoms with Crippen LogP contribution in [0, 0.1) is 0 Å². The molecule has 4 aromatic carbocycles. The molecule has 214 valence electrons. The van der Waals surface area contributed by atoms with E-state index in [1.165, 1.54) is 49.7 Å². The number of halogens is 2. The van der Waals surface area contributed by atoms with E-state index in [0.29, 0.717) is 7.25 Å². The monoisotopic (exact) mass is 684 g/mol. The predicted octanol–water partition coefficient (Wildman–Crippen LogP) is 3.08. The Morgan fingerprint density at radius 1 is 0.524 bits per heavy atom. The summed E-state index contributed by atoms with van der Waals surface area (Å²) in [6.07, 6.45) is 12.8. The second-order valence-electron chi connectivity index (χ2n) is 11.3. The van der Waals surface area contributed by atoms with E-state index in [1.807, 2.05) is 0 Å². The molecule has 2 aliphatic carbocycles. The topological polar surface area (TPSA) is 0 Å². The van der Waals surface area contributed by atoms with Crippen molar-refractivity contribution >= 4 is 28.0 Å². The molecule has 2 aliphatic rings. The molecule has 4 heteroatoms. The number of allylic oxidation sites excluding steroid dienone is 2. The minimum absolute atomic E-state index is 0. The Balaban J connectivity index is 0.00000202. The Hall–Kier alpha value is -1.96. The van der Waals surface area contributed by atoms with E-state index in [1.54, 1.807) is 32.6 Å². The number of hydrogen-bond donors (Lipinski definition) is 0. The molecule has 4 aromatic rings. The summed E-state index contributed by atoms with van der Waals surface area (Å²) >= 11 is -2.49. The van der Waals surface area contributed by atoms with Crippen LogP contribution in [0.15, 0.2) is 120 Å². The van der Waals surface area contributed by atoms with Crippen molar-refractivity contribution < 1.29 is 45.2 Å². The second kappa shape index (κ2) is 15.7. The number of rotatable bonds is 10. The van der Waals surface area contributed by atoms with Crippen molar-refractivity contribution in [3.8, 4) is 0 Å². The van der Waals surface area contributed by atoms with Gasteiger partial charge in [0.05, 0.1) is 0 Å². The van der Waals surface area contributed by atoms with Gasteiger partial charge in [-0.25, -0.2) is 0 Å². The van der Waals surface area contributed by atoms with E-state index in [9.17, 15) is 0 Å². The van der Waals surface area contributed by atoms with Crippen molar-refractivity contribution in [2.45, 2.75) is 59.6 Å². The molecule has 6 rings (SSSR count). The van der Waals surface area contributed by atoms with Crippen molar-refractivity contribution in [2.75, 3.05) is 0 Å². The Morgan fingerprint density at radius 3 is 1.31 bits per heavy atom. The van der Waals surface area contributed by atoms with E-state index in [-0.39, 0.29) is 24.8 Å². The zero-order valence-corrected chi connectivity index (χ0v) is 29.7. The smallest absolute Gasteiger partial charge is 1.00 e. The molecule has 2 atom stereocenters. The fourth-order valence-corrected chi connectivity index (χ4v) is 32.0. The normalized spacial score (nSPS) is 16.1. The van der Waals surface area contributed by atoms with Crippen LogP contribution in [0.3, 0.4) is 0 Å². The van der Waals surface area contributed by atoms with Crippen LogP contribution < -0.4 is 35.2 Å². The van der Waals surface area contributed by atoms with Crippen LogP contribution in [0.25, 0.3) is 12.2 Å². The van der Waals surface area contributed by atoms with Crippen LogP contribution in [0.5, 0.6) is 0 Å². The molecule has 42 heavy (non-hydrogen) atoms. The zero-order valence-electron chi connectivity index (χ0n) is 24.7. The molecule has 0 saturated carbocycles. The van der Waals surface area contributed by atoms with Crippen LogP contribution >= 0.6 is 0 Å². The van der Waals surface area contributed by atoms with Crippen LogP contribution in [0.2, 0.25) is 0 Å². The SMILES string of the molecule is CCCCC1=Cc2ccccc2[CH]1[Zr+2]([CH]1C(CCCC)=Cc2ccccc21)=[Si](c1ccccc1)c1ccccc1.[Cl-].[Cl-]. The molecule has 0 fully saturated rings. The van der Waals surface area contributed by atoms with Crippen molar-refractivity contribution in [3.05, 3.63) is 143 Å². The molecule has 2 unspecified atom stereocenters. The first-order chi connectivity index (χ1) is 19.8. The van der Waals surface area contributed by atoms with Gasteiger partial charge in [0.15, 0.2) is 0 Å². The van der Waals surface area contributed by atoms with Gasteiger partial charge in [0.25, 0.3) is 0 Å². The van der Waals surface area contributed by atoms with E-state index in [2.05, 4.69) is 135 Å². The van der Waals surface area contributed by atoms with Crippen molar-refractivity contribution in [3.63, 3.8) is 0 Å². The van der Waals surface area contributed by atoms with E-state index in [4.69, 9.17) is 0 Å². The van der Waals surface area contributed by atoms with Gasteiger partial charge >= 0.3 is 251 Å². The average Bonchev–Trinajstić information content (AvgIpc) is 3.56. The maximum Gasteiger partial charge on any atom is -1.00 e. The number of fused-ring (bicyclic) bond motifs is 2. The first-order valence-electron chi connectivity index (χ1n) is 15.2. The maximum absolute atomic E-state index is 2.61. The number of benzene rings is 4. The van der Waals surface area contributed by atoms with Crippen LogP contribution in [-0.2, 0) is 20.4 Å². The molecule has 0 radical (unpaired) electrons. The summed E-state index contributed by atoms with van der Waals surface area (Å²) in [5.41, 5.74) is 8.75. The number of hydrogen-bond acceptors (Lipinski definition) is 0. The summed E-state index contributed by atoms with van der Waals surface area (Å²) < 4.78 is 1.25. The van der Waals surface area contributed by atoms with Gasteiger partial charge in [-0.05, 0) is 0 Å². The Labute approximate surface area is 273 Å². The summed E-state index contributed by atoms with van der Waals surface area (Å²) in [6.45, 7) is 4.69. The summed E-state index contributed by atoms with van der Waals surface area (Å²) in [7, 11) is 0. The Morgan fingerprint density at radius 2 is 0.905 bits per heavy atom. The van der Waals surface area contributed by atoms with E-state index in [0.717, 1.165) is 0 Å². The average molecular weight is 687 g/mol. The van der Waals surface area contributed by atoms with Gasteiger partial charge in [-0.1, -0.05) is 0 Å². The van der Waals surface area contributed by atoms with Crippen LogP contribution in [-0.4, -0.2) is 5.43 Å². The number of unbranched alkanes of at least 4 members (excludes halogenated alkanes) is 2. The molecule has 0 aliphatic heterocycles. The quantitative estimate of drug-likeness (QED) is 0.225. The van der Waals surface area contributed by atoms with E-state index < -0.39 is 25.8 Å².